The molecular formula is C24H27N3O3. The summed E-state index contributed by atoms with van der Waals surface area (Å²) in [5.74, 6) is 1.38. The van der Waals surface area contributed by atoms with E-state index in [1.807, 2.05) is 73.3 Å². The van der Waals surface area contributed by atoms with Crippen LogP contribution >= 0.6 is 0 Å². The minimum atomic E-state index is -0.172. The lowest BCUT2D eigenvalue weighted by Crippen LogP contribution is -2.20. The van der Waals surface area contributed by atoms with Crippen LogP contribution in [0.15, 0.2) is 60.8 Å². The number of rotatable bonds is 9. The summed E-state index contributed by atoms with van der Waals surface area (Å²) in [4.78, 5) is 12.1. The molecule has 0 saturated heterocycles. The molecule has 0 bridgehead atoms. The highest BCUT2D eigenvalue weighted by Gasteiger charge is 2.06. The molecule has 6 heteroatoms. The Bertz CT molecular complexity index is 1020. The summed E-state index contributed by atoms with van der Waals surface area (Å²) in [6, 6.07) is 15.6. The smallest absolute Gasteiger partial charge is 0.244 e. The molecule has 1 N–H and O–H groups in total. The maximum absolute atomic E-state index is 12.1. The fourth-order valence-corrected chi connectivity index (χ4v) is 2.96. The predicted molar refractivity (Wildman–Crippen MR) is 117 cm³/mol. The Balaban J connectivity index is 1.60. The highest BCUT2D eigenvalue weighted by molar-refractivity contribution is 5.91. The van der Waals surface area contributed by atoms with E-state index in [0.717, 1.165) is 40.4 Å². The average molecular weight is 405 g/mol. The maximum Gasteiger partial charge on any atom is 0.244 e. The van der Waals surface area contributed by atoms with Crippen molar-refractivity contribution in [1.29, 1.82) is 0 Å². The summed E-state index contributed by atoms with van der Waals surface area (Å²) in [7, 11) is 1.63. The van der Waals surface area contributed by atoms with Crippen molar-refractivity contribution in [3.8, 4) is 11.5 Å². The van der Waals surface area contributed by atoms with E-state index < -0.39 is 0 Å². The minimum absolute atomic E-state index is 0.172. The Kier molecular flexibility index (Phi) is 7.27. The van der Waals surface area contributed by atoms with Gasteiger partial charge in [0.1, 0.15) is 18.1 Å². The molecular weight excluding hydrogens is 378 g/mol. The Labute approximate surface area is 177 Å². The van der Waals surface area contributed by atoms with Gasteiger partial charge < -0.3 is 14.8 Å². The van der Waals surface area contributed by atoms with Gasteiger partial charge in [0.05, 0.1) is 19.3 Å². The number of amides is 1. The molecule has 6 nitrogen and oxygen atoms in total. The van der Waals surface area contributed by atoms with E-state index in [2.05, 4.69) is 10.4 Å². The number of benzene rings is 2. The van der Waals surface area contributed by atoms with Gasteiger partial charge in [0.2, 0.25) is 5.91 Å². The van der Waals surface area contributed by atoms with E-state index in [0.29, 0.717) is 13.2 Å². The third-order valence-electron chi connectivity index (χ3n) is 4.58. The van der Waals surface area contributed by atoms with E-state index in [1.54, 1.807) is 13.2 Å². The topological polar surface area (TPSA) is 65.4 Å². The molecule has 1 amide bonds. The van der Waals surface area contributed by atoms with Crippen LogP contribution in [0.3, 0.4) is 0 Å². The van der Waals surface area contributed by atoms with E-state index in [-0.39, 0.29) is 5.91 Å². The lowest BCUT2D eigenvalue weighted by atomic mass is 10.1. The first-order valence-electron chi connectivity index (χ1n) is 9.92. The van der Waals surface area contributed by atoms with Gasteiger partial charge in [-0.2, -0.15) is 5.10 Å². The lowest BCUT2D eigenvalue weighted by molar-refractivity contribution is -0.116. The summed E-state index contributed by atoms with van der Waals surface area (Å²) in [5.41, 5.74) is 3.78. The van der Waals surface area contributed by atoms with Crippen molar-refractivity contribution < 1.29 is 14.3 Å². The molecule has 0 aliphatic heterocycles. The normalized spacial score (nSPS) is 10.9. The molecule has 2 aromatic carbocycles. The Morgan fingerprint density at radius 2 is 2.07 bits per heavy atom. The third-order valence-corrected chi connectivity index (χ3v) is 4.58. The molecule has 30 heavy (non-hydrogen) atoms. The second-order valence-corrected chi connectivity index (χ2v) is 6.89. The first kappa shape index (κ1) is 21.2. The molecule has 156 valence electrons. The van der Waals surface area contributed by atoms with E-state index in [4.69, 9.17) is 9.47 Å². The highest BCUT2D eigenvalue weighted by Crippen LogP contribution is 2.23. The average Bonchev–Trinajstić information content (AvgIpc) is 3.23. The van der Waals surface area contributed by atoms with Gasteiger partial charge in [-0.15, -0.1) is 0 Å². The summed E-state index contributed by atoms with van der Waals surface area (Å²) < 4.78 is 13.2. The van der Waals surface area contributed by atoms with E-state index in [1.165, 1.54) is 6.08 Å². The monoisotopic (exact) mass is 405 g/mol. The molecule has 0 spiro atoms. The Hall–Kier alpha value is -3.54. The van der Waals surface area contributed by atoms with Crippen LogP contribution in [0, 0.1) is 6.92 Å². The van der Waals surface area contributed by atoms with Crippen molar-refractivity contribution in [2.45, 2.75) is 33.5 Å². The first-order chi connectivity index (χ1) is 14.6. The van der Waals surface area contributed by atoms with Crippen molar-refractivity contribution in [3.63, 3.8) is 0 Å². The van der Waals surface area contributed by atoms with Crippen LogP contribution in [0.4, 0.5) is 0 Å². The molecule has 1 heterocycles. The number of carbonyl (C=O) groups excluding carboxylic acids is 1. The highest BCUT2D eigenvalue weighted by atomic mass is 16.5. The van der Waals surface area contributed by atoms with Crippen LogP contribution in [0.2, 0.25) is 0 Å². The number of nitrogens with one attached hydrogen (secondary N) is 1. The number of methoxy groups -OCH3 is 1. The zero-order valence-electron chi connectivity index (χ0n) is 17.6. The quantitative estimate of drug-likeness (QED) is 0.544. The predicted octanol–water partition coefficient (Wildman–Crippen LogP) is 4.13. The van der Waals surface area contributed by atoms with Crippen LogP contribution in [0.25, 0.3) is 6.08 Å². The summed E-state index contributed by atoms with van der Waals surface area (Å²) >= 11 is 0. The van der Waals surface area contributed by atoms with Crippen molar-refractivity contribution in [2.75, 3.05) is 7.11 Å². The second kappa shape index (κ2) is 10.3. The van der Waals surface area contributed by atoms with E-state index >= 15 is 0 Å². The van der Waals surface area contributed by atoms with Gasteiger partial charge in [-0.25, -0.2) is 0 Å². The maximum atomic E-state index is 12.1. The molecule has 0 unspecified atom stereocenters. The van der Waals surface area contributed by atoms with Crippen molar-refractivity contribution >= 4 is 12.0 Å². The lowest BCUT2D eigenvalue weighted by Gasteiger charge is -2.11. The molecule has 0 aliphatic rings. The Morgan fingerprint density at radius 1 is 1.20 bits per heavy atom. The number of hydrogen-bond donors (Lipinski definition) is 1. The van der Waals surface area contributed by atoms with Crippen LogP contribution in [0.5, 0.6) is 11.5 Å². The van der Waals surface area contributed by atoms with Gasteiger partial charge in [-0.3, -0.25) is 9.48 Å². The SMILES string of the molecule is CCn1ccc(CNC(=O)/C=C/c2ccc(OC)c(COc3cccc(C)c3)c2)n1. The number of aromatic nitrogens is 2. The van der Waals surface area contributed by atoms with Crippen LogP contribution in [-0.2, 0) is 24.5 Å². The summed E-state index contributed by atoms with van der Waals surface area (Å²) in [6.07, 6.45) is 5.19. The number of hydrogen-bond acceptors (Lipinski definition) is 4. The summed E-state index contributed by atoms with van der Waals surface area (Å²) in [6.45, 7) is 5.63. The fourth-order valence-electron chi connectivity index (χ4n) is 2.96. The number of aryl methyl sites for hydroxylation is 2. The van der Waals surface area contributed by atoms with Gasteiger partial charge in [0.25, 0.3) is 0 Å². The third kappa shape index (κ3) is 5.98. The van der Waals surface area contributed by atoms with Gasteiger partial charge in [0.15, 0.2) is 0 Å². The number of carbonyl (C=O) groups is 1. The largest absolute Gasteiger partial charge is 0.496 e. The molecule has 0 radical (unpaired) electrons. The molecule has 0 fully saturated rings. The second-order valence-electron chi connectivity index (χ2n) is 6.89. The van der Waals surface area contributed by atoms with Crippen molar-refractivity contribution in [3.05, 3.63) is 83.2 Å². The molecule has 3 rings (SSSR count). The summed E-state index contributed by atoms with van der Waals surface area (Å²) in [5, 5.41) is 7.20. The first-order valence-corrected chi connectivity index (χ1v) is 9.92. The van der Waals surface area contributed by atoms with Crippen LogP contribution in [-0.4, -0.2) is 22.8 Å². The molecule has 0 saturated carbocycles. The van der Waals surface area contributed by atoms with Crippen molar-refractivity contribution in [2.24, 2.45) is 0 Å². The van der Waals surface area contributed by atoms with Gasteiger partial charge in [-0.05, 0) is 61.4 Å². The van der Waals surface area contributed by atoms with Crippen LogP contribution in [0.1, 0.15) is 29.3 Å². The molecule has 0 aliphatic carbocycles. The minimum Gasteiger partial charge on any atom is -0.496 e. The van der Waals surface area contributed by atoms with E-state index in [9.17, 15) is 4.79 Å². The fraction of sp³-hybridized carbons (Fsp3) is 0.250. The van der Waals surface area contributed by atoms with Gasteiger partial charge in [-0.1, -0.05) is 18.2 Å². The Morgan fingerprint density at radius 3 is 2.80 bits per heavy atom. The molecule has 0 atom stereocenters. The molecule has 1 aromatic heterocycles. The van der Waals surface area contributed by atoms with Gasteiger partial charge in [0, 0.05) is 24.4 Å². The number of nitrogens with zero attached hydrogens (tertiary/aromatic N) is 2. The zero-order chi connectivity index (χ0) is 21.3. The zero-order valence-corrected chi connectivity index (χ0v) is 17.6. The molecule has 3 aromatic rings. The number of ether oxygens (including phenoxy) is 2. The van der Waals surface area contributed by atoms with Crippen molar-refractivity contribution in [1.82, 2.24) is 15.1 Å². The standard InChI is InChI=1S/C24H27N3O3/c1-4-27-13-12-21(26-27)16-25-24(28)11-9-19-8-10-23(29-3)20(15-19)17-30-22-7-5-6-18(2)14-22/h5-15H,4,16-17H2,1-3H3,(H,25,28)/b11-9+. The van der Waals surface area contributed by atoms with Gasteiger partial charge >= 0.3 is 0 Å². The van der Waals surface area contributed by atoms with Crippen LogP contribution < -0.4 is 14.8 Å².